The van der Waals surface area contributed by atoms with E-state index >= 15 is 0 Å². The summed E-state index contributed by atoms with van der Waals surface area (Å²) in [5.41, 5.74) is 0. The third-order valence-corrected chi connectivity index (χ3v) is 3.51. The van der Waals surface area contributed by atoms with Crippen molar-refractivity contribution < 1.29 is 9.53 Å². The molecule has 0 unspecified atom stereocenters. The van der Waals surface area contributed by atoms with Gasteiger partial charge in [0.1, 0.15) is 0 Å². The van der Waals surface area contributed by atoms with Gasteiger partial charge < -0.3 is 9.64 Å². The fourth-order valence-corrected chi connectivity index (χ4v) is 2.52. The number of likely N-dealkylation sites (tertiary alicyclic amines) is 1. The molecule has 2 saturated heterocycles. The zero-order valence-electron chi connectivity index (χ0n) is 8.82. The van der Waals surface area contributed by atoms with Gasteiger partial charge in [0.05, 0.1) is 13.2 Å². The molecule has 0 bridgehead atoms. The summed E-state index contributed by atoms with van der Waals surface area (Å²) >= 11 is 5.44. The molecule has 0 atom stereocenters. The Balaban J connectivity index is 1.79. The number of morpholine rings is 1. The average Bonchev–Trinajstić information content (AvgIpc) is 2.30. The van der Waals surface area contributed by atoms with Crippen LogP contribution in [-0.4, -0.2) is 60.6 Å². The number of hydrogen-bond donors (Lipinski definition) is 0. The smallest absolute Gasteiger partial charge is 0.316 e. The summed E-state index contributed by atoms with van der Waals surface area (Å²) in [5, 5.41) is -0.310. The highest BCUT2D eigenvalue weighted by atomic mass is 35.5. The van der Waals surface area contributed by atoms with E-state index in [1.54, 1.807) is 4.90 Å². The second kappa shape index (κ2) is 5.14. The minimum absolute atomic E-state index is 0.310. The van der Waals surface area contributed by atoms with Gasteiger partial charge in [-0.25, -0.2) is 0 Å². The predicted octanol–water partition coefficient (Wildman–Crippen LogP) is 1.14. The summed E-state index contributed by atoms with van der Waals surface area (Å²) in [6.45, 7) is 5.33. The number of halogens is 1. The third kappa shape index (κ3) is 2.83. The zero-order valence-corrected chi connectivity index (χ0v) is 9.58. The van der Waals surface area contributed by atoms with E-state index in [-0.39, 0.29) is 5.37 Å². The maximum atomic E-state index is 10.9. The van der Waals surface area contributed by atoms with Gasteiger partial charge in [0.15, 0.2) is 0 Å². The van der Waals surface area contributed by atoms with Crippen LogP contribution in [0.5, 0.6) is 0 Å². The molecule has 0 saturated carbocycles. The molecule has 1 amide bonds. The lowest BCUT2D eigenvalue weighted by atomic mass is 10.0. The molecular weight excluding hydrogens is 216 g/mol. The molecule has 0 aromatic rings. The van der Waals surface area contributed by atoms with E-state index in [1.807, 2.05) is 0 Å². The number of ether oxygens (including phenoxy) is 1. The van der Waals surface area contributed by atoms with Crippen molar-refractivity contribution in [2.24, 2.45) is 0 Å². The number of carbonyl (C=O) groups excluding carboxylic acids is 1. The van der Waals surface area contributed by atoms with Crippen LogP contribution in [0.25, 0.3) is 0 Å². The first kappa shape index (κ1) is 11.2. The van der Waals surface area contributed by atoms with Crippen molar-refractivity contribution in [3.05, 3.63) is 0 Å². The van der Waals surface area contributed by atoms with Crippen molar-refractivity contribution in [1.29, 1.82) is 0 Å². The van der Waals surface area contributed by atoms with Gasteiger partial charge in [0.2, 0.25) is 0 Å². The van der Waals surface area contributed by atoms with Crippen LogP contribution < -0.4 is 0 Å². The Morgan fingerprint density at radius 2 is 1.73 bits per heavy atom. The van der Waals surface area contributed by atoms with Crippen LogP contribution in [0.2, 0.25) is 0 Å². The number of carbonyl (C=O) groups is 1. The van der Waals surface area contributed by atoms with Crippen molar-refractivity contribution in [1.82, 2.24) is 9.80 Å². The van der Waals surface area contributed by atoms with Gasteiger partial charge in [0, 0.05) is 32.2 Å². The molecule has 0 aromatic carbocycles. The minimum Gasteiger partial charge on any atom is -0.379 e. The van der Waals surface area contributed by atoms with Crippen molar-refractivity contribution in [2.45, 2.75) is 18.9 Å². The van der Waals surface area contributed by atoms with Crippen LogP contribution >= 0.6 is 11.6 Å². The van der Waals surface area contributed by atoms with Crippen molar-refractivity contribution in [2.75, 3.05) is 39.4 Å². The second-order valence-corrected chi connectivity index (χ2v) is 4.44. The molecule has 2 rings (SSSR count). The Bertz CT molecular complexity index is 223. The van der Waals surface area contributed by atoms with Gasteiger partial charge in [0.25, 0.3) is 0 Å². The Kier molecular flexibility index (Phi) is 3.83. The summed E-state index contributed by atoms with van der Waals surface area (Å²) in [6.07, 6.45) is 2.08. The molecule has 0 radical (unpaired) electrons. The SMILES string of the molecule is O=C(Cl)N1CCC(N2CCOCC2)CC1. The van der Waals surface area contributed by atoms with Crippen LogP contribution in [0, 0.1) is 0 Å². The summed E-state index contributed by atoms with van der Waals surface area (Å²) in [5.74, 6) is 0. The summed E-state index contributed by atoms with van der Waals surface area (Å²) in [7, 11) is 0. The lowest BCUT2D eigenvalue weighted by Crippen LogP contribution is -2.49. The maximum Gasteiger partial charge on any atom is 0.316 e. The van der Waals surface area contributed by atoms with E-state index in [0.717, 1.165) is 52.2 Å². The number of piperidine rings is 1. The van der Waals surface area contributed by atoms with Crippen LogP contribution in [0.1, 0.15) is 12.8 Å². The van der Waals surface area contributed by atoms with Gasteiger partial charge in [-0.15, -0.1) is 0 Å². The first-order valence-corrected chi connectivity index (χ1v) is 5.91. The highest BCUT2D eigenvalue weighted by Crippen LogP contribution is 2.18. The highest BCUT2D eigenvalue weighted by molar-refractivity contribution is 6.62. The molecule has 86 valence electrons. The van der Waals surface area contributed by atoms with E-state index < -0.39 is 0 Å². The summed E-state index contributed by atoms with van der Waals surface area (Å²) in [4.78, 5) is 15.1. The van der Waals surface area contributed by atoms with Gasteiger partial charge >= 0.3 is 5.37 Å². The molecule has 15 heavy (non-hydrogen) atoms. The molecule has 2 heterocycles. The van der Waals surface area contributed by atoms with Gasteiger partial charge in [-0.2, -0.15) is 0 Å². The van der Waals surface area contributed by atoms with Crippen molar-refractivity contribution in [3.63, 3.8) is 0 Å². The second-order valence-electron chi connectivity index (χ2n) is 4.12. The predicted molar refractivity (Wildman–Crippen MR) is 58.2 cm³/mol. The topological polar surface area (TPSA) is 32.8 Å². The van der Waals surface area contributed by atoms with Gasteiger partial charge in [-0.05, 0) is 24.4 Å². The first-order valence-electron chi connectivity index (χ1n) is 5.53. The molecule has 2 aliphatic heterocycles. The lowest BCUT2D eigenvalue weighted by Gasteiger charge is -2.39. The Hall–Kier alpha value is -0.320. The molecule has 0 aliphatic carbocycles. The van der Waals surface area contributed by atoms with E-state index in [1.165, 1.54) is 0 Å². The van der Waals surface area contributed by atoms with Crippen molar-refractivity contribution >= 4 is 17.0 Å². The molecule has 0 spiro atoms. The third-order valence-electron chi connectivity index (χ3n) is 3.28. The van der Waals surface area contributed by atoms with Crippen LogP contribution in [-0.2, 0) is 4.74 Å². The molecule has 2 fully saturated rings. The normalized spacial score (nSPS) is 25.5. The Labute approximate surface area is 95.1 Å². The number of amides is 1. The molecular formula is C10H17ClN2O2. The number of hydrogen-bond acceptors (Lipinski definition) is 3. The molecule has 0 aromatic heterocycles. The largest absolute Gasteiger partial charge is 0.379 e. The fourth-order valence-electron chi connectivity index (χ4n) is 2.35. The van der Waals surface area contributed by atoms with E-state index in [2.05, 4.69) is 4.90 Å². The Morgan fingerprint density at radius 1 is 1.13 bits per heavy atom. The van der Waals surface area contributed by atoms with Crippen molar-refractivity contribution in [3.8, 4) is 0 Å². The molecule has 5 heteroatoms. The number of nitrogens with zero attached hydrogens (tertiary/aromatic N) is 2. The average molecular weight is 233 g/mol. The lowest BCUT2D eigenvalue weighted by molar-refractivity contribution is 0.00449. The fraction of sp³-hybridized carbons (Fsp3) is 0.900. The maximum absolute atomic E-state index is 10.9. The monoisotopic (exact) mass is 232 g/mol. The Morgan fingerprint density at radius 3 is 2.27 bits per heavy atom. The van der Waals surface area contributed by atoms with Crippen LogP contribution in [0.3, 0.4) is 0 Å². The van der Waals surface area contributed by atoms with E-state index in [4.69, 9.17) is 16.3 Å². The first-order chi connectivity index (χ1) is 7.27. The minimum atomic E-state index is -0.310. The molecule has 4 nitrogen and oxygen atoms in total. The summed E-state index contributed by atoms with van der Waals surface area (Å²) < 4.78 is 5.32. The summed E-state index contributed by atoms with van der Waals surface area (Å²) in [6, 6.07) is 0.612. The van der Waals surface area contributed by atoms with E-state index in [9.17, 15) is 4.79 Å². The molecule has 0 N–H and O–H groups in total. The van der Waals surface area contributed by atoms with Crippen LogP contribution in [0.15, 0.2) is 0 Å². The van der Waals surface area contributed by atoms with Crippen LogP contribution in [0.4, 0.5) is 4.79 Å². The standard InChI is InChI=1S/C10H17ClN2O2/c11-10(14)13-3-1-9(2-4-13)12-5-7-15-8-6-12/h9H,1-8H2. The quantitative estimate of drug-likeness (QED) is 0.502. The number of rotatable bonds is 1. The zero-order chi connectivity index (χ0) is 10.7. The van der Waals surface area contributed by atoms with Gasteiger partial charge in [-0.3, -0.25) is 9.69 Å². The molecule has 2 aliphatic rings. The van der Waals surface area contributed by atoms with E-state index in [0.29, 0.717) is 6.04 Å². The van der Waals surface area contributed by atoms with Gasteiger partial charge in [-0.1, -0.05) is 0 Å². The highest BCUT2D eigenvalue weighted by Gasteiger charge is 2.26.